The van der Waals surface area contributed by atoms with Crippen LogP contribution in [0.3, 0.4) is 0 Å². The van der Waals surface area contributed by atoms with E-state index in [1.54, 1.807) is 6.08 Å². The van der Waals surface area contributed by atoms with Crippen LogP contribution in [0.5, 0.6) is 0 Å². The fraction of sp³-hybridized carbons (Fsp3) is 0.333. The smallest absolute Gasteiger partial charge is 0.307 e. The number of carboxylic acids is 1. The second kappa shape index (κ2) is 4.51. The van der Waals surface area contributed by atoms with Crippen molar-refractivity contribution >= 4 is 11.5 Å². The highest BCUT2D eigenvalue weighted by Gasteiger charge is 2.61. The van der Waals surface area contributed by atoms with Gasteiger partial charge in [0.15, 0.2) is 0 Å². The number of hydrogen-bond donors (Lipinski definition) is 1. The van der Waals surface area contributed by atoms with Crippen LogP contribution in [0.2, 0.25) is 0 Å². The number of nitrogens with zero attached hydrogens (tertiary/aromatic N) is 1. The molecule has 0 aromatic heterocycles. The summed E-state index contributed by atoms with van der Waals surface area (Å²) in [5.74, 6) is -1.83. The van der Waals surface area contributed by atoms with Crippen molar-refractivity contribution in [3.8, 4) is 6.07 Å². The van der Waals surface area contributed by atoms with Gasteiger partial charge in [-0.3, -0.25) is 4.79 Å². The predicted octanol–water partition coefficient (Wildman–Crippen LogP) is 3.09. The lowest BCUT2D eigenvalue weighted by Gasteiger charge is -2.00. The summed E-state index contributed by atoms with van der Waals surface area (Å²) in [6.07, 6.45) is 1.69. The van der Waals surface area contributed by atoms with Gasteiger partial charge in [-0.1, -0.05) is 32.1 Å². The average molecular weight is 259 g/mol. The van der Waals surface area contributed by atoms with Gasteiger partial charge in [-0.25, -0.2) is 4.39 Å². The van der Waals surface area contributed by atoms with E-state index in [9.17, 15) is 9.18 Å². The van der Waals surface area contributed by atoms with Crippen molar-refractivity contribution in [1.29, 1.82) is 5.26 Å². The van der Waals surface area contributed by atoms with E-state index in [0.717, 1.165) is 0 Å². The van der Waals surface area contributed by atoms with Gasteiger partial charge in [-0.05, 0) is 29.0 Å². The molecular weight excluding hydrogens is 245 g/mol. The van der Waals surface area contributed by atoms with Crippen molar-refractivity contribution in [2.45, 2.75) is 13.8 Å². The molecule has 19 heavy (non-hydrogen) atoms. The normalized spacial score (nSPS) is 24.6. The number of hydrogen-bond acceptors (Lipinski definition) is 2. The van der Waals surface area contributed by atoms with Crippen LogP contribution in [-0.4, -0.2) is 11.1 Å². The van der Waals surface area contributed by atoms with E-state index in [0.29, 0.717) is 11.1 Å². The Morgan fingerprint density at radius 1 is 1.42 bits per heavy atom. The van der Waals surface area contributed by atoms with Gasteiger partial charge < -0.3 is 5.11 Å². The summed E-state index contributed by atoms with van der Waals surface area (Å²) in [7, 11) is 0. The van der Waals surface area contributed by atoms with Crippen molar-refractivity contribution in [3.63, 3.8) is 0 Å². The van der Waals surface area contributed by atoms with Crippen molar-refractivity contribution in [2.75, 3.05) is 0 Å². The van der Waals surface area contributed by atoms with Gasteiger partial charge in [0.1, 0.15) is 5.82 Å². The van der Waals surface area contributed by atoms with Gasteiger partial charge in [0, 0.05) is 0 Å². The first kappa shape index (κ1) is 13.3. The molecule has 0 amide bonds. The van der Waals surface area contributed by atoms with E-state index >= 15 is 0 Å². The van der Waals surface area contributed by atoms with Crippen LogP contribution in [-0.2, 0) is 4.79 Å². The van der Waals surface area contributed by atoms with Gasteiger partial charge in [-0.15, -0.1) is 0 Å². The molecule has 1 aromatic rings. The molecule has 0 bridgehead atoms. The molecule has 4 heteroatoms. The van der Waals surface area contributed by atoms with E-state index in [1.807, 2.05) is 13.8 Å². The number of carbonyl (C=O) groups is 1. The average Bonchev–Trinajstić information content (AvgIpc) is 2.89. The molecule has 0 spiro atoms. The zero-order valence-corrected chi connectivity index (χ0v) is 10.7. The van der Waals surface area contributed by atoms with Crippen molar-refractivity contribution in [2.24, 2.45) is 17.3 Å². The second-order valence-corrected chi connectivity index (χ2v) is 5.36. The maximum absolute atomic E-state index is 12.8. The topological polar surface area (TPSA) is 61.1 Å². The summed E-state index contributed by atoms with van der Waals surface area (Å²) in [5.41, 5.74) is 0.658. The lowest BCUT2D eigenvalue weighted by atomic mass is 10.0. The van der Waals surface area contributed by atoms with Crippen LogP contribution < -0.4 is 0 Å². The zero-order chi connectivity index (χ0) is 14.2. The Balaban J connectivity index is 2.29. The van der Waals surface area contributed by atoms with Gasteiger partial charge in [-0.2, -0.15) is 5.26 Å². The Morgan fingerprint density at radius 2 is 2.00 bits per heavy atom. The maximum Gasteiger partial charge on any atom is 0.307 e. The van der Waals surface area contributed by atoms with E-state index in [-0.39, 0.29) is 17.2 Å². The third-order valence-electron chi connectivity index (χ3n) is 3.80. The highest BCUT2D eigenvalue weighted by molar-refractivity contribution is 5.81. The first-order valence-corrected chi connectivity index (χ1v) is 5.98. The van der Waals surface area contributed by atoms with Crippen LogP contribution in [0.25, 0.3) is 5.57 Å². The van der Waals surface area contributed by atoms with Crippen molar-refractivity contribution in [3.05, 3.63) is 41.7 Å². The first-order chi connectivity index (χ1) is 8.87. The lowest BCUT2D eigenvalue weighted by molar-refractivity contribution is -0.139. The number of aliphatic carboxylic acids is 1. The monoisotopic (exact) mass is 259 g/mol. The third-order valence-corrected chi connectivity index (χ3v) is 3.80. The molecule has 3 nitrogen and oxygen atoms in total. The van der Waals surface area contributed by atoms with Crippen LogP contribution in [0.4, 0.5) is 4.39 Å². The lowest BCUT2D eigenvalue weighted by Crippen LogP contribution is -2.03. The van der Waals surface area contributed by atoms with E-state index in [1.165, 1.54) is 24.3 Å². The first-order valence-electron chi connectivity index (χ1n) is 5.98. The van der Waals surface area contributed by atoms with Crippen LogP contribution in [0.1, 0.15) is 19.4 Å². The maximum atomic E-state index is 12.8. The highest BCUT2D eigenvalue weighted by atomic mass is 19.1. The van der Waals surface area contributed by atoms with E-state index in [4.69, 9.17) is 10.4 Å². The third kappa shape index (κ3) is 2.37. The number of benzene rings is 1. The Labute approximate surface area is 111 Å². The number of carboxylic acid groups (broad SMARTS) is 1. The largest absolute Gasteiger partial charge is 0.481 e. The van der Waals surface area contributed by atoms with Gasteiger partial charge >= 0.3 is 5.97 Å². The van der Waals surface area contributed by atoms with Gasteiger partial charge in [0.25, 0.3) is 0 Å². The van der Waals surface area contributed by atoms with Crippen molar-refractivity contribution < 1.29 is 14.3 Å². The summed E-state index contributed by atoms with van der Waals surface area (Å²) in [4.78, 5) is 11.1. The molecule has 1 aliphatic carbocycles. The SMILES string of the molecule is CC1(C)C(/C=C(\C#N)c2ccc(F)cc2)C1C(=O)O. The number of rotatable bonds is 3. The molecule has 98 valence electrons. The number of nitriles is 1. The summed E-state index contributed by atoms with van der Waals surface area (Å²) in [6, 6.07) is 7.67. The Bertz CT molecular complexity index is 581. The Hall–Kier alpha value is -2.15. The quantitative estimate of drug-likeness (QED) is 0.848. The fourth-order valence-corrected chi connectivity index (χ4v) is 2.47. The minimum absolute atomic E-state index is 0.162. The predicted molar refractivity (Wildman–Crippen MR) is 68.4 cm³/mol. The minimum Gasteiger partial charge on any atom is -0.481 e. The van der Waals surface area contributed by atoms with Crippen LogP contribution in [0, 0.1) is 34.4 Å². The molecular formula is C15H14FNO2. The molecule has 1 saturated carbocycles. The minimum atomic E-state index is -0.845. The van der Waals surface area contributed by atoms with Gasteiger partial charge in [0.2, 0.25) is 0 Å². The van der Waals surface area contributed by atoms with E-state index < -0.39 is 11.9 Å². The second-order valence-electron chi connectivity index (χ2n) is 5.36. The molecule has 1 aliphatic rings. The molecule has 2 unspecified atom stereocenters. The van der Waals surface area contributed by atoms with Gasteiger partial charge in [0.05, 0.1) is 17.6 Å². The molecule has 0 radical (unpaired) electrons. The van der Waals surface area contributed by atoms with E-state index in [2.05, 4.69) is 6.07 Å². The summed E-state index contributed by atoms with van der Waals surface area (Å²) in [5, 5.41) is 18.3. The summed E-state index contributed by atoms with van der Waals surface area (Å²) >= 11 is 0. The molecule has 0 saturated heterocycles. The number of halogens is 1. The fourth-order valence-electron chi connectivity index (χ4n) is 2.47. The summed E-state index contributed by atoms with van der Waals surface area (Å²) in [6.45, 7) is 3.74. The highest BCUT2D eigenvalue weighted by Crippen LogP contribution is 2.59. The molecule has 0 heterocycles. The Morgan fingerprint density at radius 3 is 2.42 bits per heavy atom. The molecule has 1 N–H and O–H groups in total. The molecule has 1 fully saturated rings. The zero-order valence-electron chi connectivity index (χ0n) is 10.7. The number of allylic oxidation sites excluding steroid dienone is 2. The molecule has 2 rings (SSSR count). The Kier molecular flexibility index (Phi) is 3.15. The molecule has 1 aromatic carbocycles. The standard InChI is InChI=1S/C15H14FNO2/c1-15(2)12(13(15)14(18)19)7-10(8-17)9-3-5-11(16)6-4-9/h3-7,12-13H,1-2H3,(H,18,19)/b10-7+. The summed E-state index contributed by atoms with van der Waals surface area (Å²) < 4.78 is 12.8. The van der Waals surface area contributed by atoms with Crippen LogP contribution in [0.15, 0.2) is 30.3 Å². The molecule has 2 atom stereocenters. The van der Waals surface area contributed by atoms with Crippen LogP contribution >= 0.6 is 0 Å². The van der Waals surface area contributed by atoms with Crippen molar-refractivity contribution in [1.82, 2.24) is 0 Å². The molecule has 0 aliphatic heterocycles.